The zero-order valence-electron chi connectivity index (χ0n) is 12.5. The van der Waals surface area contributed by atoms with Crippen molar-refractivity contribution in [2.45, 2.75) is 32.6 Å². The molecule has 2 heteroatoms. The minimum atomic E-state index is -0.0111. The Labute approximate surface area is 126 Å². The molecule has 0 spiro atoms. The molecule has 0 N–H and O–H groups in total. The molecule has 106 valence electrons. The van der Waals surface area contributed by atoms with Crippen molar-refractivity contribution in [1.29, 1.82) is 0 Å². The highest BCUT2D eigenvalue weighted by molar-refractivity contribution is 6.21. The number of rotatable bonds is 4. The molecule has 0 saturated heterocycles. The fraction of sp³-hybridized carbons (Fsp3) is 0.333. The van der Waals surface area contributed by atoms with Crippen LogP contribution in [-0.2, 0) is 6.42 Å². The van der Waals surface area contributed by atoms with E-state index in [2.05, 4.69) is 45.0 Å². The van der Waals surface area contributed by atoms with Crippen LogP contribution in [0.1, 0.15) is 33.2 Å². The minimum absolute atomic E-state index is 0.0111. The van der Waals surface area contributed by atoms with E-state index in [9.17, 15) is 0 Å². The first kappa shape index (κ1) is 14.9. The normalized spacial score (nSPS) is 12.2. The molecule has 0 heterocycles. The summed E-state index contributed by atoms with van der Waals surface area (Å²) in [7, 11) is 1.68. The molecule has 0 aromatic heterocycles. The van der Waals surface area contributed by atoms with Gasteiger partial charge in [0.2, 0.25) is 0 Å². The smallest absolute Gasteiger partial charge is 0.119 e. The monoisotopic (exact) mass is 288 g/mol. The summed E-state index contributed by atoms with van der Waals surface area (Å²) in [5.74, 6) is 0.876. The van der Waals surface area contributed by atoms with Crippen LogP contribution in [-0.4, -0.2) is 7.11 Å². The van der Waals surface area contributed by atoms with E-state index >= 15 is 0 Å². The second-order valence-electron chi connectivity index (χ2n) is 5.31. The topological polar surface area (TPSA) is 9.23 Å². The summed E-state index contributed by atoms with van der Waals surface area (Å²) in [5.41, 5.74) is 6.26. The van der Waals surface area contributed by atoms with Crippen LogP contribution in [0.25, 0.3) is 0 Å². The van der Waals surface area contributed by atoms with E-state index in [1.165, 1.54) is 27.8 Å². The number of alkyl halides is 1. The molecule has 2 aromatic rings. The summed E-state index contributed by atoms with van der Waals surface area (Å²) in [5, 5.41) is -0.0111. The van der Waals surface area contributed by atoms with Crippen molar-refractivity contribution >= 4 is 11.6 Å². The van der Waals surface area contributed by atoms with Gasteiger partial charge in [0.15, 0.2) is 0 Å². The van der Waals surface area contributed by atoms with E-state index < -0.39 is 0 Å². The maximum atomic E-state index is 6.59. The third-order valence-electron chi connectivity index (χ3n) is 3.80. The molecule has 1 nitrogen and oxygen atoms in total. The Morgan fingerprint density at radius 3 is 2.30 bits per heavy atom. The molecule has 1 unspecified atom stereocenters. The number of hydrogen-bond acceptors (Lipinski definition) is 1. The lowest BCUT2D eigenvalue weighted by atomic mass is 9.98. The number of halogens is 1. The van der Waals surface area contributed by atoms with Crippen LogP contribution in [0.4, 0.5) is 0 Å². The molecule has 2 rings (SSSR count). The van der Waals surface area contributed by atoms with Crippen molar-refractivity contribution in [3.8, 4) is 5.75 Å². The van der Waals surface area contributed by atoms with Crippen LogP contribution < -0.4 is 4.74 Å². The molecule has 2 aromatic carbocycles. The van der Waals surface area contributed by atoms with Gasteiger partial charge in [0.25, 0.3) is 0 Å². The van der Waals surface area contributed by atoms with Crippen molar-refractivity contribution in [3.05, 3.63) is 64.2 Å². The number of aryl methyl sites for hydroxylation is 3. The molecule has 20 heavy (non-hydrogen) atoms. The van der Waals surface area contributed by atoms with Gasteiger partial charge in [-0.05, 0) is 67.1 Å². The van der Waals surface area contributed by atoms with E-state index in [0.717, 1.165) is 12.2 Å². The molecule has 0 bridgehead atoms. The van der Waals surface area contributed by atoms with Gasteiger partial charge in [-0.2, -0.15) is 0 Å². The Kier molecular flexibility index (Phi) is 4.72. The average molecular weight is 289 g/mol. The Morgan fingerprint density at radius 2 is 1.70 bits per heavy atom. The maximum absolute atomic E-state index is 6.59. The molecule has 0 fully saturated rings. The maximum Gasteiger partial charge on any atom is 0.119 e. The van der Waals surface area contributed by atoms with Gasteiger partial charge < -0.3 is 4.74 Å². The van der Waals surface area contributed by atoms with Gasteiger partial charge in [-0.15, -0.1) is 11.6 Å². The third kappa shape index (κ3) is 3.34. The Morgan fingerprint density at radius 1 is 0.950 bits per heavy atom. The third-order valence-corrected chi connectivity index (χ3v) is 4.19. The van der Waals surface area contributed by atoms with Crippen molar-refractivity contribution in [2.24, 2.45) is 0 Å². The summed E-state index contributed by atoms with van der Waals surface area (Å²) >= 11 is 6.59. The number of ether oxygens (including phenoxy) is 1. The highest BCUT2D eigenvalue weighted by Crippen LogP contribution is 2.30. The molecular formula is C18H21ClO. The number of methoxy groups -OCH3 is 1. The lowest BCUT2D eigenvalue weighted by Gasteiger charge is -2.15. The SMILES string of the molecule is COc1ccc(C(Cl)Cc2ccc(C)c(C)c2)c(C)c1. The second-order valence-corrected chi connectivity index (χ2v) is 5.84. The zero-order chi connectivity index (χ0) is 14.7. The number of hydrogen-bond donors (Lipinski definition) is 0. The molecule has 0 aliphatic carbocycles. The summed E-state index contributed by atoms with van der Waals surface area (Å²) in [6, 6.07) is 12.6. The van der Waals surface area contributed by atoms with E-state index in [4.69, 9.17) is 16.3 Å². The van der Waals surface area contributed by atoms with Crippen molar-refractivity contribution in [3.63, 3.8) is 0 Å². The Balaban J connectivity index is 2.19. The largest absolute Gasteiger partial charge is 0.497 e. The summed E-state index contributed by atoms with van der Waals surface area (Å²) in [6.07, 6.45) is 0.843. The van der Waals surface area contributed by atoms with Gasteiger partial charge in [-0.3, -0.25) is 0 Å². The fourth-order valence-electron chi connectivity index (χ4n) is 2.37. The predicted octanol–water partition coefficient (Wildman–Crippen LogP) is 5.14. The van der Waals surface area contributed by atoms with E-state index in [0.29, 0.717) is 0 Å². The highest BCUT2D eigenvalue weighted by Gasteiger charge is 2.12. The first-order valence-corrected chi connectivity index (χ1v) is 7.29. The second kappa shape index (κ2) is 6.32. The molecule has 0 amide bonds. The van der Waals surface area contributed by atoms with Crippen molar-refractivity contribution in [1.82, 2.24) is 0 Å². The molecule has 0 aliphatic heterocycles. The van der Waals surface area contributed by atoms with Crippen LogP contribution in [0.5, 0.6) is 5.75 Å². The summed E-state index contributed by atoms with van der Waals surface area (Å²) in [4.78, 5) is 0. The van der Waals surface area contributed by atoms with Crippen LogP contribution in [0.15, 0.2) is 36.4 Å². The Bertz CT molecular complexity index is 604. The predicted molar refractivity (Wildman–Crippen MR) is 85.9 cm³/mol. The highest BCUT2D eigenvalue weighted by atomic mass is 35.5. The molecule has 0 radical (unpaired) electrons. The van der Waals surface area contributed by atoms with Gasteiger partial charge in [0, 0.05) is 0 Å². The van der Waals surface area contributed by atoms with Gasteiger partial charge in [-0.1, -0.05) is 24.3 Å². The average Bonchev–Trinajstić information content (AvgIpc) is 2.42. The van der Waals surface area contributed by atoms with Crippen molar-refractivity contribution in [2.75, 3.05) is 7.11 Å². The van der Waals surface area contributed by atoms with E-state index in [1.54, 1.807) is 7.11 Å². The standard InChI is InChI=1S/C18H21ClO/c1-12-5-6-15(9-13(12)2)11-18(19)17-8-7-16(20-4)10-14(17)3/h5-10,18H,11H2,1-4H3. The molecule has 0 aliphatic rings. The van der Waals surface area contributed by atoms with Crippen molar-refractivity contribution < 1.29 is 4.74 Å². The van der Waals surface area contributed by atoms with Gasteiger partial charge in [0.05, 0.1) is 12.5 Å². The zero-order valence-corrected chi connectivity index (χ0v) is 13.3. The first-order valence-electron chi connectivity index (χ1n) is 6.86. The molecule has 0 saturated carbocycles. The lowest BCUT2D eigenvalue weighted by Crippen LogP contribution is -2.00. The fourth-order valence-corrected chi connectivity index (χ4v) is 2.80. The Hall–Kier alpha value is -1.47. The quantitative estimate of drug-likeness (QED) is 0.708. The lowest BCUT2D eigenvalue weighted by molar-refractivity contribution is 0.414. The van der Waals surface area contributed by atoms with Crippen LogP contribution in [0.3, 0.4) is 0 Å². The molecular weight excluding hydrogens is 268 g/mol. The van der Waals surface area contributed by atoms with E-state index in [-0.39, 0.29) is 5.38 Å². The van der Waals surface area contributed by atoms with Crippen LogP contribution in [0, 0.1) is 20.8 Å². The summed E-state index contributed by atoms with van der Waals surface area (Å²) < 4.78 is 5.23. The van der Waals surface area contributed by atoms with Gasteiger partial charge in [0.1, 0.15) is 5.75 Å². The van der Waals surface area contributed by atoms with Gasteiger partial charge in [-0.25, -0.2) is 0 Å². The first-order chi connectivity index (χ1) is 9.51. The van der Waals surface area contributed by atoms with Crippen LogP contribution >= 0.6 is 11.6 Å². The minimum Gasteiger partial charge on any atom is -0.497 e. The summed E-state index contributed by atoms with van der Waals surface area (Å²) in [6.45, 7) is 6.35. The van der Waals surface area contributed by atoms with E-state index in [1.807, 2.05) is 12.1 Å². The van der Waals surface area contributed by atoms with Crippen LogP contribution in [0.2, 0.25) is 0 Å². The number of benzene rings is 2. The van der Waals surface area contributed by atoms with Gasteiger partial charge >= 0.3 is 0 Å². The molecule has 1 atom stereocenters.